The Labute approximate surface area is 97.8 Å². The van der Waals surface area contributed by atoms with Crippen LogP contribution in [0.5, 0.6) is 5.75 Å². The van der Waals surface area contributed by atoms with Crippen LogP contribution >= 0.6 is 0 Å². The first-order valence-corrected chi connectivity index (χ1v) is 4.71. The van der Waals surface area contributed by atoms with E-state index in [1.54, 1.807) is 0 Å². The third-order valence-corrected chi connectivity index (χ3v) is 1.95. The van der Waals surface area contributed by atoms with Crippen LogP contribution in [0.15, 0.2) is 22.6 Å². The number of hydrogen-bond acceptors (Lipinski definition) is 4. The zero-order chi connectivity index (χ0) is 13.3. The number of benzene rings is 1. The molecule has 1 aromatic carbocycles. The van der Waals surface area contributed by atoms with E-state index in [4.69, 9.17) is 9.52 Å². The lowest BCUT2D eigenvalue weighted by Crippen LogP contribution is -2.17. The lowest BCUT2D eigenvalue weighted by Gasteiger charge is -2.07. The monoisotopic (exact) mass is 261 g/mol. The highest BCUT2D eigenvalue weighted by atomic mass is 19.4. The molecule has 1 heterocycles. The number of halogens is 3. The van der Waals surface area contributed by atoms with Crippen molar-refractivity contribution < 1.29 is 32.2 Å². The minimum atomic E-state index is -4.85. The van der Waals surface area contributed by atoms with Gasteiger partial charge in [-0.3, -0.25) is 4.79 Å². The second-order valence-electron chi connectivity index (χ2n) is 3.33. The first-order chi connectivity index (χ1) is 8.35. The maximum atomic E-state index is 12.1. The van der Waals surface area contributed by atoms with Gasteiger partial charge in [0.2, 0.25) is 5.89 Å². The van der Waals surface area contributed by atoms with Crippen LogP contribution in [0.25, 0.3) is 11.1 Å². The summed E-state index contributed by atoms with van der Waals surface area (Å²) in [7, 11) is 0. The first-order valence-electron chi connectivity index (χ1n) is 4.71. The lowest BCUT2D eigenvalue weighted by atomic mass is 10.3. The van der Waals surface area contributed by atoms with E-state index in [-0.39, 0.29) is 17.0 Å². The smallest absolute Gasteiger partial charge is 0.481 e. The summed E-state index contributed by atoms with van der Waals surface area (Å²) in [6.45, 7) is 0. The number of carboxylic acids is 1. The van der Waals surface area contributed by atoms with Crippen LogP contribution in [0, 0.1) is 0 Å². The highest BCUT2D eigenvalue weighted by Crippen LogP contribution is 2.30. The van der Waals surface area contributed by atoms with Gasteiger partial charge in [-0.1, -0.05) is 6.07 Å². The molecule has 0 aliphatic heterocycles. The van der Waals surface area contributed by atoms with Crippen LogP contribution in [-0.4, -0.2) is 22.4 Å². The molecule has 0 aliphatic carbocycles. The molecule has 5 nitrogen and oxygen atoms in total. The van der Waals surface area contributed by atoms with Gasteiger partial charge < -0.3 is 14.3 Å². The van der Waals surface area contributed by atoms with E-state index in [1.807, 2.05) is 0 Å². The van der Waals surface area contributed by atoms with Crippen molar-refractivity contribution in [1.82, 2.24) is 4.98 Å². The van der Waals surface area contributed by atoms with Crippen molar-refractivity contribution in [3.05, 3.63) is 24.1 Å². The number of hydrogen-bond donors (Lipinski definition) is 1. The number of aliphatic carboxylic acids is 1. The van der Waals surface area contributed by atoms with Crippen LogP contribution in [0.4, 0.5) is 13.2 Å². The Hall–Kier alpha value is -2.25. The van der Waals surface area contributed by atoms with Crippen molar-refractivity contribution in [1.29, 1.82) is 0 Å². The number of oxazole rings is 1. The molecule has 2 rings (SSSR count). The van der Waals surface area contributed by atoms with Gasteiger partial charge in [-0.25, -0.2) is 4.98 Å². The molecule has 0 radical (unpaired) electrons. The Bertz CT molecular complexity index is 590. The van der Waals surface area contributed by atoms with Gasteiger partial charge >= 0.3 is 12.3 Å². The number of ether oxygens (including phenoxy) is 1. The normalized spacial score (nSPS) is 11.7. The van der Waals surface area contributed by atoms with Gasteiger partial charge in [0.25, 0.3) is 0 Å². The molecule has 0 aliphatic rings. The maximum Gasteiger partial charge on any atom is 0.573 e. The molecule has 96 valence electrons. The van der Waals surface area contributed by atoms with E-state index in [1.165, 1.54) is 12.1 Å². The molecule has 8 heteroatoms. The fraction of sp³-hybridized carbons (Fsp3) is 0.200. The van der Waals surface area contributed by atoms with Crippen molar-refractivity contribution in [3.8, 4) is 5.75 Å². The number of nitrogens with zero attached hydrogens (tertiary/aromatic N) is 1. The second-order valence-corrected chi connectivity index (χ2v) is 3.33. The number of alkyl halides is 3. The average molecular weight is 261 g/mol. The van der Waals surface area contributed by atoms with Crippen molar-refractivity contribution in [2.24, 2.45) is 0 Å². The number of carboxylic acid groups (broad SMARTS) is 1. The molecule has 0 unspecified atom stereocenters. The molecular formula is C10H6F3NO4. The van der Waals surface area contributed by atoms with Crippen molar-refractivity contribution in [2.45, 2.75) is 12.8 Å². The predicted octanol–water partition coefficient (Wildman–Crippen LogP) is 2.35. The van der Waals surface area contributed by atoms with Gasteiger partial charge in [0.05, 0.1) is 0 Å². The zero-order valence-corrected chi connectivity index (χ0v) is 8.69. The summed E-state index contributed by atoms with van der Waals surface area (Å²) in [5.41, 5.74) is -0.126. The minimum Gasteiger partial charge on any atom is -0.481 e. The molecule has 0 saturated carbocycles. The molecule has 1 aromatic heterocycles. The van der Waals surface area contributed by atoms with Crippen molar-refractivity contribution >= 4 is 17.1 Å². The van der Waals surface area contributed by atoms with Crippen molar-refractivity contribution in [3.63, 3.8) is 0 Å². The highest BCUT2D eigenvalue weighted by Gasteiger charge is 2.32. The number of para-hydroxylation sites is 1. The Balaban J connectivity index is 2.42. The molecule has 0 atom stereocenters. The Morgan fingerprint density at radius 2 is 2.17 bits per heavy atom. The Kier molecular flexibility index (Phi) is 2.85. The zero-order valence-electron chi connectivity index (χ0n) is 8.69. The Morgan fingerprint density at radius 1 is 1.44 bits per heavy atom. The van der Waals surface area contributed by atoms with Crippen LogP contribution in [0.2, 0.25) is 0 Å². The van der Waals surface area contributed by atoms with Crippen LogP contribution in [0.3, 0.4) is 0 Å². The summed E-state index contributed by atoms with van der Waals surface area (Å²) in [6.07, 6.45) is -5.36. The molecule has 0 saturated heterocycles. The minimum absolute atomic E-state index is 0.0352. The first kappa shape index (κ1) is 12.2. The van der Waals surface area contributed by atoms with Gasteiger partial charge in [0, 0.05) is 0 Å². The molecule has 0 spiro atoms. The topological polar surface area (TPSA) is 72.6 Å². The molecule has 0 amide bonds. The maximum absolute atomic E-state index is 12.1. The van der Waals surface area contributed by atoms with Crippen LogP contribution in [0.1, 0.15) is 5.89 Å². The summed E-state index contributed by atoms with van der Waals surface area (Å²) in [4.78, 5) is 14.1. The summed E-state index contributed by atoms with van der Waals surface area (Å²) >= 11 is 0. The highest BCUT2D eigenvalue weighted by molar-refractivity contribution is 5.80. The molecule has 0 bridgehead atoms. The average Bonchev–Trinajstić information content (AvgIpc) is 2.57. The SMILES string of the molecule is O=C(O)Cc1nc2c(OC(F)(F)F)cccc2o1. The summed E-state index contributed by atoms with van der Waals surface area (Å²) in [5, 5.41) is 8.54. The fourth-order valence-corrected chi connectivity index (χ4v) is 1.38. The van der Waals surface area contributed by atoms with Gasteiger partial charge in [-0.2, -0.15) is 0 Å². The lowest BCUT2D eigenvalue weighted by molar-refractivity contribution is -0.274. The quantitative estimate of drug-likeness (QED) is 0.918. The number of rotatable bonds is 3. The third kappa shape index (κ3) is 2.70. The molecule has 2 aromatic rings. The summed E-state index contributed by atoms with van der Waals surface area (Å²) < 4.78 is 45.1. The predicted molar refractivity (Wildman–Crippen MR) is 52.0 cm³/mol. The van der Waals surface area contributed by atoms with Gasteiger partial charge in [0.1, 0.15) is 6.42 Å². The van der Waals surface area contributed by atoms with E-state index >= 15 is 0 Å². The largest absolute Gasteiger partial charge is 0.573 e. The third-order valence-electron chi connectivity index (χ3n) is 1.95. The van der Waals surface area contributed by atoms with Crippen LogP contribution in [-0.2, 0) is 11.2 Å². The Morgan fingerprint density at radius 3 is 2.78 bits per heavy atom. The van der Waals surface area contributed by atoms with E-state index < -0.39 is 24.5 Å². The van der Waals surface area contributed by atoms with Gasteiger partial charge in [0.15, 0.2) is 16.8 Å². The van der Waals surface area contributed by atoms with E-state index in [2.05, 4.69) is 9.72 Å². The van der Waals surface area contributed by atoms with Crippen LogP contribution < -0.4 is 4.74 Å². The van der Waals surface area contributed by atoms with Gasteiger partial charge in [-0.15, -0.1) is 13.2 Å². The molecule has 0 fully saturated rings. The number of fused-ring (bicyclic) bond motifs is 1. The number of carbonyl (C=O) groups is 1. The summed E-state index contributed by atoms with van der Waals surface area (Å²) in [6, 6.07) is 3.74. The summed E-state index contributed by atoms with van der Waals surface area (Å²) in [5.74, 6) is -1.91. The fourth-order valence-electron chi connectivity index (χ4n) is 1.38. The second kappa shape index (κ2) is 4.21. The number of aromatic nitrogens is 1. The van der Waals surface area contributed by atoms with E-state index in [0.29, 0.717) is 0 Å². The van der Waals surface area contributed by atoms with Gasteiger partial charge in [-0.05, 0) is 12.1 Å². The molecular weight excluding hydrogens is 255 g/mol. The standard InChI is InChI=1S/C10H6F3NO4/c11-10(12,13)18-6-3-1-2-5-9(6)14-7(17-5)4-8(15)16/h1-3H,4H2,(H,15,16). The molecule has 18 heavy (non-hydrogen) atoms. The van der Waals surface area contributed by atoms with Crippen molar-refractivity contribution in [2.75, 3.05) is 0 Å². The van der Waals surface area contributed by atoms with E-state index in [9.17, 15) is 18.0 Å². The molecule has 1 N–H and O–H groups in total. The van der Waals surface area contributed by atoms with E-state index in [0.717, 1.165) is 6.07 Å².